The molecule has 2 heteroatoms. The Balaban J connectivity index is 2.24. The lowest BCUT2D eigenvalue weighted by Gasteiger charge is -2.12. The van der Waals surface area contributed by atoms with Crippen LogP contribution in [0.1, 0.15) is 21.5 Å². The fourth-order valence-corrected chi connectivity index (χ4v) is 2.64. The Labute approximate surface area is 141 Å². The van der Waals surface area contributed by atoms with Crippen molar-refractivity contribution in [1.29, 1.82) is 0 Å². The molecule has 0 radical (unpaired) electrons. The van der Waals surface area contributed by atoms with Crippen LogP contribution in [-0.2, 0) is 4.79 Å². The molecule has 0 amide bonds. The van der Waals surface area contributed by atoms with Crippen LogP contribution in [0.4, 0.5) is 0 Å². The number of rotatable bonds is 5. The summed E-state index contributed by atoms with van der Waals surface area (Å²) in [6.07, 6.45) is 0.762. The zero-order valence-corrected chi connectivity index (χ0v) is 13.1. The van der Waals surface area contributed by atoms with Crippen molar-refractivity contribution in [1.82, 2.24) is 0 Å². The molecular formula is C22H16O2. The van der Waals surface area contributed by atoms with E-state index in [4.69, 9.17) is 0 Å². The first kappa shape index (κ1) is 15.6. The number of carbonyl (C=O) groups excluding carboxylic acids is 2. The number of ketones is 1. The fraction of sp³-hybridized carbons (Fsp3) is 0. The minimum Gasteiger partial charge on any atom is -0.298 e. The molecule has 3 aromatic carbocycles. The van der Waals surface area contributed by atoms with Gasteiger partial charge in [-0.25, -0.2) is 0 Å². The second-order valence-electron chi connectivity index (χ2n) is 5.33. The Morgan fingerprint density at radius 1 is 0.583 bits per heavy atom. The van der Waals surface area contributed by atoms with Gasteiger partial charge in [0.15, 0.2) is 12.1 Å². The largest absolute Gasteiger partial charge is 0.298 e. The Morgan fingerprint density at radius 3 is 1.46 bits per heavy atom. The third-order valence-electron chi connectivity index (χ3n) is 3.80. The van der Waals surface area contributed by atoms with Gasteiger partial charge in [0.1, 0.15) is 0 Å². The van der Waals surface area contributed by atoms with Gasteiger partial charge in [0, 0.05) is 16.7 Å². The summed E-state index contributed by atoms with van der Waals surface area (Å²) in [7, 11) is 0. The van der Waals surface area contributed by atoms with Crippen LogP contribution in [0.5, 0.6) is 0 Å². The molecule has 0 aromatic heterocycles. The van der Waals surface area contributed by atoms with Gasteiger partial charge in [-0.2, -0.15) is 0 Å². The van der Waals surface area contributed by atoms with Crippen LogP contribution in [0, 0.1) is 0 Å². The van der Waals surface area contributed by atoms with Crippen LogP contribution in [0.15, 0.2) is 91.0 Å². The molecule has 0 unspecified atom stereocenters. The van der Waals surface area contributed by atoms with Gasteiger partial charge < -0.3 is 0 Å². The van der Waals surface area contributed by atoms with Gasteiger partial charge in [0.25, 0.3) is 0 Å². The van der Waals surface area contributed by atoms with E-state index in [0.29, 0.717) is 16.7 Å². The van der Waals surface area contributed by atoms with Crippen LogP contribution in [0.2, 0.25) is 0 Å². The zero-order valence-electron chi connectivity index (χ0n) is 13.1. The maximum Gasteiger partial charge on any atom is 0.194 e. The highest BCUT2D eigenvalue weighted by atomic mass is 16.1. The molecule has 3 rings (SSSR count). The maximum atomic E-state index is 13.1. The molecule has 0 aliphatic heterocycles. The predicted octanol–water partition coefficient (Wildman–Crippen LogP) is 4.68. The quantitative estimate of drug-likeness (QED) is 0.297. The lowest BCUT2D eigenvalue weighted by Crippen LogP contribution is -2.06. The topological polar surface area (TPSA) is 34.1 Å². The lowest BCUT2D eigenvalue weighted by molar-refractivity contribution is -0.103. The molecule has 0 N–H and O–H groups in total. The molecule has 116 valence electrons. The van der Waals surface area contributed by atoms with Crippen molar-refractivity contribution >= 4 is 23.2 Å². The standard InChI is InChI=1S/C22H16O2/c23-16-20(17-10-4-1-5-11-17)21(18-12-6-2-7-13-18)22(24)19-14-8-3-9-15-19/h1-16H/b21-20+. The Bertz CT molecular complexity index is 864. The van der Waals surface area contributed by atoms with E-state index in [0.717, 1.165) is 17.4 Å². The molecule has 0 bridgehead atoms. The summed E-state index contributed by atoms with van der Waals surface area (Å²) in [4.78, 5) is 24.9. The molecule has 0 saturated carbocycles. The number of carbonyl (C=O) groups is 2. The lowest BCUT2D eigenvalue weighted by atomic mass is 9.89. The number of benzene rings is 3. The summed E-state index contributed by atoms with van der Waals surface area (Å²) in [5.74, 6) is -0.159. The van der Waals surface area contributed by atoms with E-state index in [9.17, 15) is 9.59 Å². The van der Waals surface area contributed by atoms with Crippen molar-refractivity contribution in [3.8, 4) is 0 Å². The predicted molar refractivity (Wildman–Crippen MR) is 96.5 cm³/mol. The van der Waals surface area contributed by atoms with Crippen molar-refractivity contribution in [2.75, 3.05) is 0 Å². The summed E-state index contributed by atoms with van der Waals surface area (Å²) >= 11 is 0. The van der Waals surface area contributed by atoms with Gasteiger partial charge in [-0.3, -0.25) is 9.59 Å². The highest BCUT2D eigenvalue weighted by Gasteiger charge is 2.19. The normalized spacial score (nSPS) is 11.5. The second-order valence-corrected chi connectivity index (χ2v) is 5.33. The molecule has 3 aromatic rings. The van der Waals surface area contributed by atoms with Crippen LogP contribution in [0.3, 0.4) is 0 Å². The van der Waals surface area contributed by atoms with Crippen LogP contribution >= 0.6 is 0 Å². The summed E-state index contributed by atoms with van der Waals surface area (Å²) in [6.45, 7) is 0. The van der Waals surface area contributed by atoms with E-state index >= 15 is 0 Å². The number of hydrogen-bond acceptors (Lipinski definition) is 2. The van der Waals surface area contributed by atoms with Crippen molar-refractivity contribution in [2.24, 2.45) is 0 Å². The average Bonchev–Trinajstić information content (AvgIpc) is 2.67. The van der Waals surface area contributed by atoms with Gasteiger partial charge in [-0.05, 0) is 11.1 Å². The highest BCUT2D eigenvalue weighted by Crippen LogP contribution is 2.28. The summed E-state index contributed by atoms with van der Waals surface area (Å²) < 4.78 is 0. The van der Waals surface area contributed by atoms with Gasteiger partial charge in [0.05, 0.1) is 0 Å². The average molecular weight is 312 g/mol. The van der Waals surface area contributed by atoms with Gasteiger partial charge in [0.2, 0.25) is 0 Å². The molecule has 24 heavy (non-hydrogen) atoms. The summed E-state index contributed by atoms with van der Waals surface area (Å²) in [6, 6.07) is 27.6. The first-order valence-electron chi connectivity index (χ1n) is 7.71. The zero-order chi connectivity index (χ0) is 16.8. The Morgan fingerprint density at radius 2 is 1.00 bits per heavy atom. The minimum absolute atomic E-state index is 0.159. The number of Topliss-reactive ketones (excluding diaryl/α,β-unsaturated/α-hetero) is 1. The summed E-state index contributed by atoms with van der Waals surface area (Å²) in [5.41, 5.74) is 2.85. The van der Waals surface area contributed by atoms with Gasteiger partial charge in [-0.15, -0.1) is 0 Å². The van der Waals surface area contributed by atoms with Gasteiger partial charge >= 0.3 is 0 Å². The second kappa shape index (κ2) is 7.34. The maximum absolute atomic E-state index is 13.1. The molecular weight excluding hydrogens is 296 g/mol. The van der Waals surface area contributed by atoms with Crippen molar-refractivity contribution in [2.45, 2.75) is 0 Å². The van der Waals surface area contributed by atoms with Crippen LogP contribution in [0.25, 0.3) is 11.1 Å². The molecule has 2 nitrogen and oxygen atoms in total. The molecule has 0 aliphatic carbocycles. The first-order chi connectivity index (χ1) is 11.8. The van der Waals surface area contributed by atoms with E-state index in [1.165, 1.54) is 0 Å². The molecule has 0 spiro atoms. The van der Waals surface area contributed by atoms with Gasteiger partial charge in [-0.1, -0.05) is 91.0 Å². The molecule has 0 heterocycles. The van der Waals surface area contributed by atoms with Crippen molar-refractivity contribution in [3.63, 3.8) is 0 Å². The summed E-state index contributed by atoms with van der Waals surface area (Å²) in [5, 5.41) is 0. The smallest absolute Gasteiger partial charge is 0.194 e. The Hall–Kier alpha value is -3.26. The van der Waals surface area contributed by atoms with Crippen LogP contribution in [-0.4, -0.2) is 12.1 Å². The van der Waals surface area contributed by atoms with Crippen molar-refractivity contribution < 1.29 is 9.59 Å². The molecule has 0 fully saturated rings. The number of hydrogen-bond donors (Lipinski definition) is 0. The molecule has 0 atom stereocenters. The highest BCUT2D eigenvalue weighted by molar-refractivity contribution is 6.40. The minimum atomic E-state index is -0.159. The Kier molecular flexibility index (Phi) is 4.78. The third kappa shape index (κ3) is 3.23. The van der Waals surface area contributed by atoms with E-state index in [1.54, 1.807) is 12.1 Å². The van der Waals surface area contributed by atoms with E-state index in [1.807, 2.05) is 78.9 Å². The third-order valence-corrected chi connectivity index (χ3v) is 3.80. The van der Waals surface area contributed by atoms with E-state index in [2.05, 4.69) is 0 Å². The molecule has 0 saturated heterocycles. The monoisotopic (exact) mass is 312 g/mol. The fourth-order valence-electron chi connectivity index (χ4n) is 2.64. The van der Waals surface area contributed by atoms with Crippen LogP contribution < -0.4 is 0 Å². The van der Waals surface area contributed by atoms with E-state index in [-0.39, 0.29) is 5.78 Å². The SMILES string of the molecule is O=C/C(=C(\C(=O)c1ccccc1)c1ccccc1)c1ccccc1. The first-order valence-corrected chi connectivity index (χ1v) is 7.71. The molecule has 0 aliphatic rings. The number of aldehydes is 1. The van der Waals surface area contributed by atoms with E-state index < -0.39 is 0 Å². The van der Waals surface area contributed by atoms with Crippen molar-refractivity contribution in [3.05, 3.63) is 108 Å². The number of allylic oxidation sites excluding steroid dienone is 2.